The number of rotatable bonds is 5. The van der Waals surface area contributed by atoms with Crippen LogP contribution in [0.15, 0.2) is 12.4 Å². The van der Waals surface area contributed by atoms with Crippen LogP contribution in [-0.4, -0.2) is 22.1 Å². The molecule has 0 saturated heterocycles. The molecular weight excluding hydrogens is 222 g/mol. The highest BCUT2D eigenvalue weighted by molar-refractivity contribution is 4.96. The minimum Gasteiger partial charge on any atom is -0.338 e. The van der Waals surface area contributed by atoms with Crippen LogP contribution in [0, 0.1) is 5.92 Å². The van der Waals surface area contributed by atoms with Gasteiger partial charge in [-0.2, -0.15) is 0 Å². The highest BCUT2D eigenvalue weighted by Crippen LogP contribution is 2.26. The minimum absolute atomic E-state index is 0.606. The average Bonchev–Trinajstić information content (AvgIpc) is 2.64. The highest BCUT2D eigenvalue weighted by Gasteiger charge is 2.23. The first kappa shape index (κ1) is 13.6. The molecule has 1 aromatic heterocycles. The average molecular weight is 249 g/mol. The molecule has 0 amide bonds. The second-order valence-corrected chi connectivity index (χ2v) is 5.57. The van der Waals surface area contributed by atoms with Gasteiger partial charge in [-0.15, -0.1) is 0 Å². The zero-order valence-electron chi connectivity index (χ0n) is 11.9. The van der Waals surface area contributed by atoms with E-state index < -0.39 is 0 Å². The van der Waals surface area contributed by atoms with Crippen LogP contribution in [0.4, 0.5) is 0 Å². The van der Waals surface area contributed by atoms with Crippen molar-refractivity contribution < 1.29 is 0 Å². The normalized spacial score (nSPS) is 19.7. The number of hydrogen-bond acceptors (Lipinski definition) is 2. The summed E-state index contributed by atoms with van der Waals surface area (Å²) in [5, 5.41) is 3.69. The molecule has 1 N–H and O–H groups in total. The maximum absolute atomic E-state index is 4.48. The molecule has 1 heterocycles. The van der Waals surface area contributed by atoms with Crippen LogP contribution in [-0.2, 0) is 13.5 Å². The molecule has 3 nitrogen and oxygen atoms in total. The van der Waals surface area contributed by atoms with Crippen LogP contribution >= 0.6 is 0 Å². The van der Waals surface area contributed by atoms with Crippen molar-refractivity contribution in [3.8, 4) is 0 Å². The lowest BCUT2D eigenvalue weighted by Gasteiger charge is -2.26. The maximum Gasteiger partial charge on any atom is 0.109 e. The van der Waals surface area contributed by atoms with Gasteiger partial charge in [0.1, 0.15) is 5.82 Å². The second kappa shape index (κ2) is 6.93. The Kier molecular flexibility index (Phi) is 5.24. The first-order valence-electron chi connectivity index (χ1n) is 7.51. The SMILES string of the molecule is CCNC(Cc1nccn1C)C1CCCCCC1. The third kappa shape index (κ3) is 3.58. The van der Waals surface area contributed by atoms with Gasteiger partial charge in [-0.1, -0.05) is 32.6 Å². The number of nitrogens with one attached hydrogen (secondary N) is 1. The van der Waals surface area contributed by atoms with Gasteiger partial charge < -0.3 is 9.88 Å². The molecule has 18 heavy (non-hydrogen) atoms. The number of nitrogens with zero attached hydrogens (tertiary/aromatic N) is 2. The van der Waals surface area contributed by atoms with Crippen molar-refractivity contribution in [1.29, 1.82) is 0 Å². The summed E-state index contributed by atoms with van der Waals surface area (Å²) in [6.45, 7) is 3.27. The molecule has 1 fully saturated rings. The fourth-order valence-electron chi connectivity index (χ4n) is 3.17. The van der Waals surface area contributed by atoms with Crippen molar-refractivity contribution in [3.63, 3.8) is 0 Å². The van der Waals surface area contributed by atoms with Crippen LogP contribution < -0.4 is 5.32 Å². The largest absolute Gasteiger partial charge is 0.338 e. The Morgan fingerprint density at radius 1 is 1.33 bits per heavy atom. The number of likely N-dealkylation sites (N-methyl/N-ethyl adjacent to an activating group) is 1. The first-order valence-corrected chi connectivity index (χ1v) is 7.51. The summed E-state index contributed by atoms with van der Waals surface area (Å²) in [4.78, 5) is 4.48. The summed E-state index contributed by atoms with van der Waals surface area (Å²) in [7, 11) is 2.10. The van der Waals surface area contributed by atoms with Gasteiger partial charge in [-0.3, -0.25) is 0 Å². The molecule has 1 aromatic rings. The molecule has 1 atom stereocenters. The zero-order valence-corrected chi connectivity index (χ0v) is 11.9. The van der Waals surface area contributed by atoms with Crippen molar-refractivity contribution in [3.05, 3.63) is 18.2 Å². The molecule has 0 aromatic carbocycles. The van der Waals surface area contributed by atoms with E-state index in [0.717, 1.165) is 18.9 Å². The molecule has 2 rings (SSSR count). The van der Waals surface area contributed by atoms with E-state index in [0.29, 0.717) is 6.04 Å². The van der Waals surface area contributed by atoms with Crippen molar-refractivity contribution in [2.75, 3.05) is 6.54 Å². The van der Waals surface area contributed by atoms with Gasteiger partial charge in [0.25, 0.3) is 0 Å². The standard InChI is InChI=1S/C15H27N3/c1-3-16-14(12-15-17-10-11-18(15)2)13-8-6-4-5-7-9-13/h10-11,13-14,16H,3-9,12H2,1-2H3. The second-order valence-electron chi connectivity index (χ2n) is 5.57. The fourth-order valence-corrected chi connectivity index (χ4v) is 3.17. The minimum atomic E-state index is 0.606. The van der Waals surface area contributed by atoms with E-state index in [2.05, 4.69) is 28.8 Å². The van der Waals surface area contributed by atoms with E-state index in [1.54, 1.807) is 0 Å². The topological polar surface area (TPSA) is 29.9 Å². The van der Waals surface area contributed by atoms with Gasteiger partial charge in [0.2, 0.25) is 0 Å². The third-order valence-electron chi connectivity index (χ3n) is 4.26. The molecule has 3 heteroatoms. The zero-order chi connectivity index (χ0) is 12.8. The number of imidazole rings is 1. The van der Waals surface area contributed by atoms with Gasteiger partial charge in [-0.05, 0) is 25.3 Å². The van der Waals surface area contributed by atoms with Crippen molar-refractivity contribution in [2.24, 2.45) is 13.0 Å². The molecule has 0 bridgehead atoms. The Labute approximate surface area is 111 Å². The molecule has 0 spiro atoms. The Balaban J connectivity index is 2.00. The van der Waals surface area contributed by atoms with Gasteiger partial charge in [0.15, 0.2) is 0 Å². The van der Waals surface area contributed by atoms with Crippen molar-refractivity contribution >= 4 is 0 Å². The predicted octanol–water partition coefficient (Wildman–Crippen LogP) is 2.91. The molecule has 1 saturated carbocycles. The van der Waals surface area contributed by atoms with Crippen LogP contribution in [0.5, 0.6) is 0 Å². The van der Waals surface area contributed by atoms with E-state index >= 15 is 0 Å². The Hall–Kier alpha value is -0.830. The number of hydrogen-bond donors (Lipinski definition) is 1. The van der Waals surface area contributed by atoms with E-state index in [4.69, 9.17) is 0 Å². The van der Waals surface area contributed by atoms with Crippen molar-refractivity contribution in [2.45, 2.75) is 57.9 Å². The summed E-state index contributed by atoms with van der Waals surface area (Å²) >= 11 is 0. The predicted molar refractivity (Wildman–Crippen MR) is 75.6 cm³/mol. The van der Waals surface area contributed by atoms with Crippen LogP contribution in [0.1, 0.15) is 51.3 Å². The van der Waals surface area contributed by atoms with Gasteiger partial charge in [-0.25, -0.2) is 4.98 Å². The fraction of sp³-hybridized carbons (Fsp3) is 0.800. The maximum atomic E-state index is 4.48. The van der Waals surface area contributed by atoms with Crippen molar-refractivity contribution in [1.82, 2.24) is 14.9 Å². The van der Waals surface area contributed by atoms with E-state index in [9.17, 15) is 0 Å². The quantitative estimate of drug-likeness (QED) is 0.813. The smallest absolute Gasteiger partial charge is 0.109 e. The molecule has 0 aliphatic heterocycles. The number of aryl methyl sites for hydroxylation is 1. The lowest BCUT2D eigenvalue weighted by Crippen LogP contribution is -2.38. The summed E-state index contributed by atoms with van der Waals surface area (Å²) in [5.74, 6) is 2.05. The molecule has 0 radical (unpaired) electrons. The monoisotopic (exact) mass is 249 g/mol. The van der Waals surface area contributed by atoms with Crippen LogP contribution in [0.25, 0.3) is 0 Å². The molecule has 1 aliphatic carbocycles. The molecule has 1 aliphatic rings. The van der Waals surface area contributed by atoms with E-state index in [-0.39, 0.29) is 0 Å². The molecule has 102 valence electrons. The third-order valence-corrected chi connectivity index (χ3v) is 4.26. The molecule has 1 unspecified atom stereocenters. The Morgan fingerprint density at radius 2 is 2.06 bits per heavy atom. The van der Waals surface area contributed by atoms with E-state index in [1.165, 1.54) is 44.3 Å². The van der Waals surface area contributed by atoms with Gasteiger partial charge >= 0.3 is 0 Å². The van der Waals surface area contributed by atoms with E-state index in [1.807, 2.05) is 12.4 Å². The molecular formula is C15H27N3. The Morgan fingerprint density at radius 3 is 2.61 bits per heavy atom. The highest BCUT2D eigenvalue weighted by atomic mass is 15.0. The Bertz CT molecular complexity index is 337. The van der Waals surface area contributed by atoms with Crippen LogP contribution in [0.2, 0.25) is 0 Å². The summed E-state index contributed by atoms with van der Waals surface area (Å²) in [5.41, 5.74) is 0. The lowest BCUT2D eigenvalue weighted by molar-refractivity contribution is 0.316. The van der Waals surface area contributed by atoms with Crippen LogP contribution in [0.3, 0.4) is 0 Å². The van der Waals surface area contributed by atoms with Gasteiger partial charge in [0, 0.05) is 31.9 Å². The number of aromatic nitrogens is 2. The summed E-state index contributed by atoms with van der Waals surface area (Å²) in [6.07, 6.45) is 13.5. The summed E-state index contributed by atoms with van der Waals surface area (Å²) in [6, 6.07) is 0.606. The first-order chi connectivity index (χ1) is 8.81. The lowest BCUT2D eigenvalue weighted by atomic mass is 9.89. The summed E-state index contributed by atoms with van der Waals surface area (Å²) < 4.78 is 2.15. The van der Waals surface area contributed by atoms with Gasteiger partial charge in [0.05, 0.1) is 0 Å².